The van der Waals surface area contributed by atoms with E-state index in [2.05, 4.69) is 20.5 Å². The van der Waals surface area contributed by atoms with E-state index in [4.69, 9.17) is 27.0 Å². The quantitative estimate of drug-likeness (QED) is 0.154. The molecule has 0 aliphatic heterocycles. The van der Waals surface area contributed by atoms with Gasteiger partial charge >= 0.3 is 5.97 Å². The molecule has 0 aliphatic rings. The van der Waals surface area contributed by atoms with Gasteiger partial charge in [0.1, 0.15) is 17.2 Å². The monoisotopic (exact) mass is 429 g/mol. The zero-order valence-corrected chi connectivity index (χ0v) is 17.0. The van der Waals surface area contributed by atoms with Crippen LogP contribution in [0.5, 0.6) is 5.75 Å². The minimum Gasteiger partial charge on any atom is -0.424 e. The molecule has 1 aromatic carbocycles. The summed E-state index contributed by atoms with van der Waals surface area (Å²) < 4.78 is 5.16. The van der Waals surface area contributed by atoms with Crippen molar-refractivity contribution in [1.29, 1.82) is 0 Å². The Balaban J connectivity index is 2.05. The lowest BCUT2D eigenvalue weighted by Gasteiger charge is -2.12. The number of ether oxygens (including phenoxy) is 1. The topological polar surface area (TPSA) is 191 Å². The lowest BCUT2D eigenvalue weighted by Crippen LogP contribution is -2.35. The maximum Gasteiger partial charge on any atom is 0.313 e. The third-order valence-corrected chi connectivity index (χ3v) is 4.13. The number of amides is 1. The number of hydrogen-bond acceptors (Lipinski definition) is 10. The van der Waals surface area contributed by atoms with Gasteiger partial charge in [0.05, 0.1) is 19.1 Å². The molecule has 1 heterocycles. The van der Waals surface area contributed by atoms with E-state index in [0.29, 0.717) is 18.7 Å². The number of nitrogens with zero attached hydrogens (tertiary/aromatic N) is 3. The zero-order valence-electron chi connectivity index (χ0n) is 17.0. The summed E-state index contributed by atoms with van der Waals surface area (Å²) >= 11 is 0. The van der Waals surface area contributed by atoms with E-state index in [-0.39, 0.29) is 42.0 Å². The van der Waals surface area contributed by atoms with Crippen molar-refractivity contribution >= 4 is 34.9 Å². The lowest BCUT2D eigenvalue weighted by molar-refractivity contribution is -0.135. The van der Waals surface area contributed by atoms with Gasteiger partial charge in [-0.1, -0.05) is 18.6 Å². The molecule has 0 unspecified atom stereocenters. The third-order valence-electron chi connectivity index (χ3n) is 4.13. The van der Waals surface area contributed by atoms with Gasteiger partial charge in [0, 0.05) is 0 Å². The van der Waals surface area contributed by atoms with Gasteiger partial charge in [-0.3, -0.25) is 9.59 Å². The molecule has 2 rings (SSSR count). The third kappa shape index (κ3) is 7.74. The van der Waals surface area contributed by atoms with Crippen LogP contribution >= 0.6 is 0 Å². The number of para-hydroxylation sites is 1. The lowest BCUT2D eigenvalue weighted by atomic mass is 10.1. The number of carbonyl (C=O) groups excluding carboxylic acids is 2. The number of carbonyl (C=O) groups is 2. The fourth-order valence-electron chi connectivity index (χ4n) is 2.48. The van der Waals surface area contributed by atoms with Gasteiger partial charge in [-0.15, -0.1) is 10.2 Å². The number of nitrogen functional groups attached to an aromatic ring is 1. The van der Waals surface area contributed by atoms with Crippen molar-refractivity contribution in [3.8, 4) is 5.75 Å². The van der Waals surface area contributed by atoms with Gasteiger partial charge in [0.15, 0.2) is 11.6 Å². The van der Waals surface area contributed by atoms with E-state index in [1.165, 1.54) is 6.07 Å². The Hall–Kier alpha value is -3.41. The molecule has 8 N–H and O–H groups in total. The van der Waals surface area contributed by atoms with Crippen LogP contribution in [0.15, 0.2) is 46.6 Å². The van der Waals surface area contributed by atoms with Crippen molar-refractivity contribution in [1.82, 2.24) is 4.98 Å². The molecule has 1 amide bonds. The van der Waals surface area contributed by atoms with Crippen molar-refractivity contribution in [2.45, 2.75) is 31.7 Å². The first-order valence-electron chi connectivity index (χ1n) is 9.80. The first-order chi connectivity index (χ1) is 14.9. The highest BCUT2D eigenvalue weighted by Gasteiger charge is 2.14. The molecule has 0 fully saturated rings. The Kier molecular flexibility index (Phi) is 9.49. The maximum atomic E-state index is 12.1. The van der Waals surface area contributed by atoms with Crippen LogP contribution in [0.25, 0.3) is 0 Å². The van der Waals surface area contributed by atoms with Crippen molar-refractivity contribution in [2.24, 2.45) is 21.7 Å². The average Bonchev–Trinajstić information content (AvgIpc) is 2.74. The summed E-state index contributed by atoms with van der Waals surface area (Å²) in [4.78, 5) is 27.8. The van der Waals surface area contributed by atoms with Gasteiger partial charge in [0.2, 0.25) is 5.91 Å². The minimum atomic E-state index is -0.668. The van der Waals surface area contributed by atoms with E-state index in [9.17, 15) is 9.59 Å². The molecular weight excluding hydrogens is 402 g/mol. The molecule has 0 aliphatic carbocycles. The number of hydrogen-bond donors (Lipinski definition) is 5. The summed E-state index contributed by atoms with van der Waals surface area (Å²) in [5.74, 6) is -0.463. The molecule has 166 valence electrons. The number of aliphatic hydroxyl groups excluding tert-OH is 1. The summed E-state index contributed by atoms with van der Waals surface area (Å²) in [6, 6.07) is 8.95. The second-order valence-electron chi connectivity index (χ2n) is 6.60. The number of esters is 1. The number of aliphatic hydroxyl groups is 1. The van der Waals surface area contributed by atoms with Crippen LogP contribution in [-0.2, 0) is 9.59 Å². The van der Waals surface area contributed by atoms with E-state index < -0.39 is 12.0 Å². The highest BCUT2D eigenvalue weighted by Crippen LogP contribution is 2.30. The van der Waals surface area contributed by atoms with Gasteiger partial charge in [-0.2, -0.15) is 0 Å². The zero-order chi connectivity index (χ0) is 22.6. The molecule has 11 heteroatoms. The normalized spacial score (nSPS) is 12.0. The Morgan fingerprint density at radius 1 is 1.13 bits per heavy atom. The predicted molar refractivity (Wildman–Crippen MR) is 116 cm³/mol. The van der Waals surface area contributed by atoms with Crippen molar-refractivity contribution < 1.29 is 19.4 Å². The molecule has 11 nitrogen and oxygen atoms in total. The fourth-order valence-corrected chi connectivity index (χ4v) is 2.48. The number of unbranched alkanes of at least 4 members (excludes halogenated alkanes) is 1. The summed E-state index contributed by atoms with van der Waals surface area (Å²) in [6.45, 7) is 0.240. The highest BCUT2D eigenvalue weighted by molar-refractivity contribution is 5.94. The second kappa shape index (κ2) is 12.3. The molecule has 31 heavy (non-hydrogen) atoms. The van der Waals surface area contributed by atoms with Crippen LogP contribution in [0.3, 0.4) is 0 Å². The Labute approximate surface area is 179 Å². The molecule has 0 spiro atoms. The number of pyridine rings is 1. The second-order valence-corrected chi connectivity index (χ2v) is 6.60. The van der Waals surface area contributed by atoms with Crippen LogP contribution in [-0.4, -0.2) is 41.2 Å². The van der Waals surface area contributed by atoms with Crippen molar-refractivity contribution in [3.05, 3.63) is 36.4 Å². The smallest absolute Gasteiger partial charge is 0.313 e. The van der Waals surface area contributed by atoms with E-state index in [0.717, 1.165) is 12.8 Å². The first-order valence-corrected chi connectivity index (χ1v) is 9.80. The van der Waals surface area contributed by atoms with Crippen LogP contribution in [0.1, 0.15) is 25.7 Å². The molecule has 0 bridgehead atoms. The van der Waals surface area contributed by atoms with Gasteiger partial charge in [-0.05, 0) is 43.7 Å². The standard InChI is InChI=1S/C20H27N7O4/c21-11-4-3-5-13(22)20(30)25-17-9-8-15(19(23)24-17)27-26-14-6-1-2-7-16(14)31-18(29)10-12-28/h1-2,6-9,13,28H,3-5,10-12,21-22H2,(H3,23,24,25,30)/b27-26+/t13-/m0/s1. The van der Waals surface area contributed by atoms with Crippen molar-refractivity contribution in [2.75, 3.05) is 24.2 Å². The molecule has 0 saturated heterocycles. The van der Waals surface area contributed by atoms with Crippen LogP contribution in [0, 0.1) is 0 Å². The number of nitrogens with two attached hydrogens (primary N) is 3. The molecule has 2 aromatic rings. The first kappa shape index (κ1) is 23.9. The molecule has 0 radical (unpaired) electrons. The molecule has 1 atom stereocenters. The van der Waals surface area contributed by atoms with Crippen LogP contribution < -0.4 is 27.3 Å². The Morgan fingerprint density at radius 2 is 1.87 bits per heavy atom. The number of aromatic nitrogens is 1. The Morgan fingerprint density at radius 3 is 2.58 bits per heavy atom. The summed E-state index contributed by atoms with van der Waals surface area (Å²) in [6.07, 6.45) is 1.95. The predicted octanol–water partition coefficient (Wildman–Crippen LogP) is 1.76. The summed E-state index contributed by atoms with van der Waals surface area (Å²) in [5, 5.41) is 19.5. The molecule has 0 saturated carbocycles. The van der Waals surface area contributed by atoms with Crippen molar-refractivity contribution in [3.63, 3.8) is 0 Å². The van der Waals surface area contributed by atoms with Gasteiger partial charge in [0.25, 0.3) is 0 Å². The van der Waals surface area contributed by atoms with Gasteiger partial charge < -0.3 is 32.4 Å². The number of azo groups is 1. The molecule has 1 aromatic heterocycles. The van der Waals surface area contributed by atoms with E-state index in [1.807, 2.05) is 0 Å². The van der Waals surface area contributed by atoms with E-state index >= 15 is 0 Å². The van der Waals surface area contributed by atoms with Crippen LogP contribution in [0.2, 0.25) is 0 Å². The number of anilines is 2. The number of benzene rings is 1. The number of nitrogens with one attached hydrogen (secondary N) is 1. The van der Waals surface area contributed by atoms with Crippen LogP contribution in [0.4, 0.5) is 23.0 Å². The Bertz CT molecular complexity index is 920. The van der Waals surface area contributed by atoms with E-state index in [1.54, 1.807) is 30.3 Å². The maximum absolute atomic E-state index is 12.1. The number of rotatable bonds is 11. The largest absolute Gasteiger partial charge is 0.424 e. The average molecular weight is 429 g/mol. The SMILES string of the molecule is NCCCC[C@H](N)C(=O)Nc1ccc(/N=N/c2ccccc2OC(=O)CCO)c(N)n1. The summed E-state index contributed by atoms with van der Waals surface area (Å²) in [7, 11) is 0. The highest BCUT2D eigenvalue weighted by atomic mass is 16.5. The minimum absolute atomic E-state index is 0.0491. The fraction of sp³-hybridized carbons (Fsp3) is 0.350. The summed E-state index contributed by atoms with van der Waals surface area (Å²) in [5.41, 5.74) is 17.8. The molecular formula is C20H27N7O4. The van der Waals surface area contributed by atoms with Gasteiger partial charge in [-0.25, -0.2) is 4.98 Å².